The molecule has 0 saturated carbocycles. The molecule has 0 aliphatic heterocycles. The van der Waals surface area contributed by atoms with Crippen molar-refractivity contribution in [3.8, 4) is 5.75 Å². The first kappa shape index (κ1) is 15.5. The monoisotopic (exact) mass is 366 g/mol. The van der Waals surface area contributed by atoms with Crippen LogP contribution in [0.2, 0.25) is 0 Å². The Morgan fingerprint density at radius 3 is 2.35 bits per heavy atom. The number of carbonyl (C=O) groups is 1. The van der Waals surface area contributed by atoms with Gasteiger partial charge in [0.1, 0.15) is 5.75 Å². The predicted octanol–water partition coefficient (Wildman–Crippen LogP) is 5.51. The van der Waals surface area contributed by atoms with Crippen molar-refractivity contribution in [3.63, 3.8) is 0 Å². The Morgan fingerprint density at radius 1 is 0.957 bits per heavy atom. The van der Waals surface area contributed by atoms with Gasteiger partial charge in [-0.3, -0.25) is 4.79 Å². The third-order valence-corrected chi connectivity index (χ3v) is 4.21. The predicted molar refractivity (Wildman–Crippen MR) is 98.0 cm³/mol. The lowest BCUT2D eigenvalue weighted by atomic mass is 10.0. The Morgan fingerprint density at radius 2 is 1.65 bits per heavy atom. The SMILES string of the molecule is COc1ccc(C=CC(=O)c2ccc(Br)cc2)c2ccccc12. The van der Waals surface area contributed by atoms with E-state index in [1.807, 2.05) is 66.7 Å². The van der Waals surface area contributed by atoms with Gasteiger partial charge >= 0.3 is 0 Å². The molecule has 3 heteroatoms. The summed E-state index contributed by atoms with van der Waals surface area (Å²) in [5, 5.41) is 2.10. The summed E-state index contributed by atoms with van der Waals surface area (Å²) in [6.45, 7) is 0. The minimum absolute atomic E-state index is 0.0163. The van der Waals surface area contributed by atoms with E-state index in [0.29, 0.717) is 5.56 Å². The standard InChI is InChI=1S/C20H15BrO2/c1-23-20-13-9-14(17-4-2-3-5-18(17)20)8-12-19(22)15-6-10-16(21)11-7-15/h2-13H,1H3. The van der Waals surface area contributed by atoms with Crippen LogP contribution in [0.4, 0.5) is 0 Å². The van der Waals surface area contributed by atoms with Gasteiger partial charge in [-0.1, -0.05) is 52.3 Å². The van der Waals surface area contributed by atoms with Gasteiger partial charge < -0.3 is 4.74 Å². The lowest BCUT2D eigenvalue weighted by Crippen LogP contribution is -1.93. The second kappa shape index (κ2) is 6.80. The van der Waals surface area contributed by atoms with Crippen LogP contribution in [0.15, 0.2) is 71.2 Å². The second-order valence-corrected chi connectivity index (χ2v) is 6.02. The van der Waals surface area contributed by atoms with Crippen molar-refractivity contribution in [2.75, 3.05) is 7.11 Å². The van der Waals surface area contributed by atoms with Gasteiger partial charge in [-0.2, -0.15) is 0 Å². The van der Waals surface area contributed by atoms with Gasteiger partial charge in [0, 0.05) is 15.4 Å². The first-order chi connectivity index (χ1) is 11.2. The van der Waals surface area contributed by atoms with Gasteiger partial charge in [0.2, 0.25) is 0 Å². The number of fused-ring (bicyclic) bond motifs is 1. The molecule has 23 heavy (non-hydrogen) atoms. The molecular formula is C20H15BrO2. The summed E-state index contributed by atoms with van der Waals surface area (Å²) in [7, 11) is 1.66. The summed E-state index contributed by atoms with van der Waals surface area (Å²) in [6.07, 6.45) is 3.46. The summed E-state index contributed by atoms with van der Waals surface area (Å²) in [5.41, 5.74) is 1.66. The smallest absolute Gasteiger partial charge is 0.185 e. The minimum atomic E-state index is -0.0163. The molecule has 0 amide bonds. The molecule has 0 N–H and O–H groups in total. The normalized spacial score (nSPS) is 11.0. The Kier molecular flexibility index (Phi) is 4.58. The van der Waals surface area contributed by atoms with Crippen molar-refractivity contribution in [3.05, 3.63) is 82.3 Å². The molecule has 0 aliphatic carbocycles. The largest absolute Gasteiger partial charge is 0.496 e. The fourth-order valence-electron chi connectivity index (χ4n) is 2.49. The molecule has 0 bridgehead atoms. The fourth-order valence-corrected chi connectivity index (χ4v) is 2.76. The number of ketones is 1. The number of methoxy groups -OCH3 is 1. The van der Waals surface area contributed by atoms with Crippen LogP contribution in [0.25, 0.3) is 16.8 Å². The van der Waals surface area contributed by atoms with Gasteiger partial charge in [-0.25, -0.2) is 0 Å². The van der Waals surface area contributed by atoms with Gasteiger partial charge in [0.25, 0.3) is 0 Å². The van der Waals surface area contributed by atoms with E-state index in [9.17, 15) is 4.79 Å². The van der Waals surface area contributed by atoms with Crippen molar-refractivity contribution in [1.82, 2.24) is 0 Å². The second-order valence-electron chi connectivity index (χ2n) is 5.11. The van der Waals surface area contributed by atoms with Crippen LogP contribution in [0.5, 0.6) is 5.75 Å². The third-order valence-electron chi connectivity index (χ3n) is 3.68. The van der Waals surface area contributed by atoms with Gasteiger partial charge in [-0.15, -0.1) is 0 Å². The molecule has 0 saturated heterocycles. The molecule has 0 aromatic heterocycles. The molecule has 114 valence electrons. The maximum Gasteiger partial charge on any atom is 0.185 e. The van der Waals surface area contributed by atoms with E-state index < -0.39 is 0 Å². The summed E-state index contributed by atoms with van der Waals surface area (Å²) in [4.78, 5) is 12.3. The maximum absolute atomic E-state index is 12.3. The van der Waals surface area contributed by atoms with Gasteiger partial charge in [0.15, 0.2) is 5.78 Å². The van der Waals surface area contributed by atoms with Crippen LogP contribution < -0.4 is 4.74 Å². The number of rotatable bonds is 4. The molecule has 3 aromatic rings. The van der Waals surface area contributed by atoms with Crippen LogP contribution in [0.1, 0.15) is 15.9 Å². The highest BCUT2D eigenvalue weighted by molar-refractivity contribution is 9.10. The lowest BCUT2D eigenvalue weighted by Gasteiger charge is -2.07. The zero-order valence-electron chi connectivity index (χ0n) is 12.6. The lowest BCUT2D eigenvalue weighted by molar-refractivity contribution is 0.104. The first-order valence-electron chi connectivity index (χ1n) is 7.23. The number of hydrogen-bond acceptors (Lipinski definition) is 2. The van der Waals surface area contributed by atoms with Gasteiger partial charge in [-0.05, 0) is 47.4 Å². The topological polar surface area (TPSA) is 26.3 Å². The summed E-state index contributed by atoms with van der Waals surface area (Å²) in [5.74, 6) is 0.814. The number of ether oxygens (including phenoxy) is 1. The average molecular weight is 367 g/mol. The van der Waals surface area contributed by atoms with Crippen molar-refractivity contribution < 1.29 is 9.53 Å². The van der Waals surface area contributed by atoms with E-state index in [2.05, 4.69) is 15.9 Å². The summed E-state index contributed by atoms with van der Waals surface area (Å²) < 4.78 is 6.35. The molecular weight excluding hydrogens is 352 g/mol. The van der Waals surface area contributed by atoms with Crippen LogP contribution in [-0.4, -0.2) is 12.9 Å². The zero-order chi connectivity index (χ0) is 16.2. The van der Waals surface area contributed by atoms with Crippen molar-refractivity contribution in [2.45, 2.75) is 0 Å². The summed E-state index contributed by atoms with van der Waals surface area (Å²) >= 11 is 3.37. The van der Waals surface area contributed by atoms with Crippen molar-refractivity contribution in [1.29, 1.82) is 0 Å². The highest BCUT2D eigenvalue weighted by Crippen LogP contribution is 2.29. The number of hydrogen-bond donors (Lipinski definition) is 0. The molecule has 0 fully saturated rings. The van der Waals surface area contributed by atoms with E-state index in [0.717, 1.165) is 26.6 Å². The van der Waals surface area contributed by atoms with E-state index in [1.54, 1.807) is 13.2 Å². The first-order valence-corrected chi connectivity index (χ1v) is 8.02. The molecule has 0 spiro atoms. The molecule has 3 rings (SSSR count). The van der Waals surface area contributed by atoms with Crippen LogP contribution in [-0.2, 0) is 0 Å². The Labute approximate surface area is 143 Å². The van der Waals surface area contributed by atoms with Crippen LogP contribution >= 0.6 is 15.9 Å². The third kappa shape index (κ3) is 3.35. The van der Waals surface area contributed by atoms with Crippen LogP contribution in [0, 0.1) is 0 Å². The van der Waals surface area contributed by atoms with Crippen molar-refractivity contribution in [2.24, 2.45) is 0 Å². The summed E-state index contributed by atoms with van der Waals surface area (Å²) in [6, 6.07) is 19.2. The number of benzene rings is 3. The highest BCUT2D eigenvalue weighted by Gasteiger charge is 2.05. The zero-order valence-corrected chi connectivity index (χ0v) is 14.2. The van der Waals surface area contributed by atoms with E-state index in [1.165, 1.54) is 0 Å². The molecule has 0 radical (unpaired) electrons. The van der Waals surface area contributed by atoms with Crippen LogP contribution in [0.3, 0.4) is 0 Å². The molecule has 0 atom stereocenters. The average Bonchev–Trinajstić information content (AvgIpc) is 2.60. The van der Waals surface area contributed by atoms with E-state index in [4.69, 9.17) is 4.74 Å². The van der Waals surface area contributed by atoms with Crippen molar-refractivity contribution >= 4 is 38.6 Å². The molecule has 3 aromatic carbocycles. The fraction of sp³-hybridized carbons (Fsp3) is 0.0500. The number of halogens is 1. The number of allylic oxidation sites excluding steroid dienone is 1. The molecule has 0 aliphatic rings. The molecule has 0 unspecified atom stereocenters. The van der Waals surface area contributed by atoms with E-state index in [-0.39, 0.29) is 5.78 Å². The Balaban J connectivity index is 1.95. The molecule has 0 heterocycles. The Bertz CT molecular complexity index is 880. The molecule has 2 nitrogen and oxygen atoms in total. The van der Waals surface area contributed by atoms with E-state index >= 15 is 0 Å². The minimum Gasteiger partial charge on any atom is -0.496 e. The van der Waals surface area contributed by atoms with Gasteiger partial charge in [0.05, 0.1) is 7.11 Å². The quantitative estimate of drug-likeness (QED) is 0.449. The Hall–Kier alpha value is -2.39. The maximum atomic E-state index is 12.3. The highest BCUT2D eigenvalue weighted by atomic mass is 79.9. The number of carbonyl (C=O) groups excluding carboxylic acids is 1.